The van der Waals surface area contributed by atoms with Crippen molar-refractivity contribution >= 4 is 13.7 Å². The minimum absolute atomic E-state index is 0.0488. The van der Waals surface area contributed by atoms with Gasteiger partial charge >= 0.3 is 7.82 Å². The molecule has 0 aliphatic rings. The molecule has 0 aliphatic carbocycles. The predicted octanol–water partition coefficient (Wildman–Crippen LogP) is 15.1. The lowest BCUT2D eigenvalue weighted by atomic mass is 10.1. The smallest absolute Gasteiger partial charge is 0.387 e. The van der Waals surface area contributed by atoms with Gasteiger partial charge in [0.25, 0.3) is 0 Å². The molecule has 0 heterocycles. The van der Waals surface area contributed by atoms with Crippen LogP contribution < -0.4 is 5.32 Å². The highest BCUT2D eigenvalue weighted by Crippen LogP contribution is 2.43. The molecule has 8 nitrogen and oxygen atoms in total. The van der Waals surface area contributed by atoms with Crippen LogP contribution in [0.25, 0.3) is 0 Å². The van der Waals surface area contributed by atoms with Crippen molar-refractivity contribution in [3.8, 4) is 0 Å². The second-order valence-corrected chi connectivity index (χ2v) is 20.0. The van der Waals surface area contributed by atoms with Gasteiger partial charge in [0.15, 0.2) is 0 Å². The number of nitrogens with zero attached hydrogens (tertiary/aromatic N) is 1. The number of rotatable bonds is 46. The van der Waals surface area contributed by atoms with E-state index in [1.54, 1.807) is 6.08 Å². The van der Waals surface area contributed by atoms with E-state index >= 15 is 0 Å². The van der Waals surface area contributed by atoms with Crippen LogP contribution in [0.5, 0.6) is 0 Å². The Balaban J connectivity index is 4.40. The highest BCUT2D eigenvalue weighted by atomic mass is 31.2. The van der Waals surface area contributed by atoms with Crippen molar-refractivity contribution in [2.24, 2.45) is 0 Å². The first-order valence-electron chi connectivity index (χ1n) is 25.8. The second kappa shape index (κ2) is 45.1. The van der Waals surface area contributed by atoms with E-state index in [0.717, 1.165) is 64.2 Å². The molecule has 0 radical (unpaired) electrons. The molecule has 9 heteroatoms. The second-order valence-electron chi connectivity index (χ2n) is 18.5. The Kier molecular flexibility index (Phi) is 43.6. The normalized spacial score (nSPS) is 14.7. The predicted molar refractivity (Wildman–Crippen MR) is 272 cm³/mol. The van der Waals surface area contributed by atoms with Crippen molar-refractivity contribution in [1.82, 2.24) is 5.32 Å². The van der Waals surface area contributed by atoms with Gasteiger partial charge in [-0.2, -0.15) is 0 Å². The summed E-state index contributed by atoms with van der Waals surface area (Å²) in [6.45, 7) is 4.76. The molecule has 0 saturated heterocycles. The highest BCUT2D eigenvalue weighted by Gasteiger charge is 2.27. The highest BCUT2D eigenvalue weighted by molar-refractivity contribution is 7.47. The van der Waals surface area contributed by atoms with Gasteiger partial charge in [-0.05, 0) is 83.5 Å². The van der Waals surface area contributed by atoms with Crippen molar-refractivity contribution in [2.75, 3.05) is 40.9 Å². The SMILES string of the molecule is CCCCCCC/C=C\C/C=C\C/C=C\CCCCCCCCCCC(=O)NC(COP(=O)(O)OCC[N+](C)(C)C)C(O)/C=C/CC/C=C/CC/C=C/CCCCCCCCCC. The lowest BCUT2D eigenvalue weighted by Gasteiger charge is -2.25. The molecule has 3 N–H and O–H groups in total. The van der Waals surface area contributed by atoms with Crippen LogP contribution in [0.2, 0.25) is 0 Å². The van der Waals surface area contributed by atoms with E-state index < -0.39 is 20.0 Å². The van der Waals surface area contributed by atoms with Gasteiger partial charge in [0.1, 0.15) is 13.2 Å². The van der Waals surface area contributed by atoms with Gasteiger partial charge < -0.3 is 19.8 Å². The quantitative estimate of drug-likeness (QED) is 0.0243. The largest absolute Gasteiger partial charge is 0.472 e. The van der Waals surface area contributed by atoms with Crippen molar-refractivity contribution in [3.63, 3.8) is 0 Å². The zero-order valence-corrected chi connectivity index (χ0v) is 42.4. The standard InChI is InChI=1S/C54H99N2O6P/c1-6-8-10-12-14-16-18-20-22-24-26-27-28-29-30-32-34-36-38-40-42-44-46-48-54(58)55-52(51-62-63(59,60)61-50-49-56(3,4)5)53(57)47-45-43-41-39-37-35-33-31-25-23-21-19-17-15-13-11-9-7-2/h18,20,24-26,28-29,31,37,39,45,47,52-53,57H,6-17,19,21-23,27,30,32-36,38,40-44,46,48-51H2,1-5H3,(H-,55,58,59,60)/p+1/b20-18-,26-24-,29-28-,31-25+,39-37+,47-45+. The van der Waals surface area contributed by atoms with Crippen LogP contribution in [0, 0.1) is 0 Å². The van der Waals surface area contributed by atoms with Crippen LogP contribution in [0.15, 0.2) is 72.9 Å². The Morgan fingerprint density at radius 2 is 0.921 bits per heavy atom. The maximum Gasteiger partial charge on any atom is 0.472 e. The fourth-order valence-electron chi connectivity index (χ4n) is 7.02. The van der Waals surface area contributed by atoms with Crippen LogP contribution in [-0.4, -0.2) is 73.4 Å². The van der Waals surface area contributed by atoms with E-state index in [1.807, 2.05) is 27.2 Å². The summed E-state index contributed by atoms with van der Waals surface area (Å²) < 4.78 is 23.6. The summed E-state index contributed by atoms with van der Waals surface area (Å²) in [5.74, 6) is -0.201. The number of unbranched alkanes of at least 4 members (excludes halogenated alkanes) is 23. The van der Waals surface area contributed by atoms with Gasteiger partial charge in [-0.15, -0.1) is 0 Å². The molecule has 3 unspecified atom stereocenters. The molecule has 0 saturated carbocycles. The summed E-state index contributed by atoms with van der Waals surface area (Å²) in [4.78, 5) is 23.2. The lowest BCUT2D eigenvalue weighted by Crippen LogP contribution is -2.45. The third-order valence-electron chi connectivity index (χ3n) is 11.1. The zero-order valence-electron chi connectivity index (χ0n) is 41.5. The number of aliphatic hydroxyl groups excluding tert-OH is 1. The third kappa shape index (κ3) is 47.7. The number of carbonyl (C=O) groups excluding carboxylic acids is 1. The van der Waals surface area contributed by atoms with E-state index in [9.17, 15) is 19.4 Å². The molecule has 1 amide bonds. The average Bonchev–Trinajstić information content (AvgIpc) is 3.24. The lowest BCUT2D eigenvalue weighted by molar-refractivity contribution is -0.870. The Labute approximate surface area is 389 Å². The molecule has 3 atom stereocenters. The fourth-order valence-corrected chi connectivity index (χ4v) is 7.76. The Morgan fingerprint density at radius 1 is 0.540 bits per heavy atom. The van der Waals surface area contributed by atoms with Gasteiger partial charge in [0.2, 0.25) is 5.91 Å². The molecule has 0 aliphatic heterocycles. The number of amides is 1. The van der Waals surface area contributed by atoms with Crippen molar-refractivity contribution < 1.29 is 32.9 Å². The van der Waals surface area contributed by atoms with Gasteiger partial charge in [0, 0.05) is 6.42 Å². The first-order valence-corrected chi connectivity index (χ1v) is 27.3. The molecule has 0 fully saturated rings. The molecule has 0 aromatic rings. The van der Waals surface area contributed by atoms with Crippen LogP contribution in [0.4, 0.5) is 0 Å². The Morgan fingerprint density at radius 3 is 1.38 bits per heavy atom. The molecular formula is C54H100N2O6P+. The van der Waals surface area contributed by atoms with Gasteiger partial charge in [0.05, 0.1) is 39.9 Å². The number of quaternary nitrogens is 1. The van der Waals surface area contributed by atoms with Crippen LogP contribution in [-0.2, 0) is 18.4 Å². The number of hydrogen-bond donors (Lipinski definition) is 3. The van der Waals surface area contributed by atoms with E-state index in [4.69, 9.17) is 9.05 Å². The maximum absolute atomic E-state index is 12.9. The topological polar surface area (TPSA) is 105 Å². The van der Waals surface area contributed by atoms with Crippen LogP contribution in [0.3, 0.4) is 0 Å². The number of hydrogen-bond acceptors (Lipinski definition) is 5. The molecular weight excluding hydrogens is 804 g/mol. The average molecular weight is 904 g/mol. The van der Waals surface area contributed by atoms with Crippen molar-refractivity contribution in [2.45, 2.75) is 225 Å². The molecule has 0 aromatic carbocycles. The van der Waals surface area contributed by atoms with Crippen molar-refractivity contribution in [1.29, 1.82) is 0 Å². The minimum atomic E-state index is -4.36. The Bertz CT molecular complexity index is 1250. The van der Waals surface area contributed by atoms with Gasteiger partial charge in [-0.3, -0.25) is 13.8 Å². The maximum atomic E-state index is 12.9. The van der Waals surface area contributed by atoms with Crippen LogP contribution >= 0.6 is 7.82 Å². The fraction of sp³-hybridized carbons (Fsp3) is 0.759. The van der Waals surface area contributed by atoms with E-state index in [1.165, 1.54) is 128 Å². The van der Waals surface area contributed by atoms with E-state index in [0.29, 0.717) is 17.4 Å². The number of phosphoric acid groups is 1. The number of nitrogens with one attached hydrogen (secondary N) is 1. The molecule has 0 spiro atoms. The van der Waals surface area contributed by atoms with E-state index in [-0.39, 0.29) is 19.1 Å². The monoisotopic (exact) mass is 904 g/mol. The van der Waals surface area contributed by atoms with Crippen molar-refractivity contribution in [3.05, 3.63) is 72.9 Å². The molecule has 366 valence electrons. The molecule has 0 aromatic heterocycles. The summed E-state index contributed by atoms with van der Waals surface area (Å²) in [6, 6.07) is -0.877. The first kappa shape index (κ1) is 60.9. The summed E-state index contributed by atoms with van der Waals surface area (Å²) in [5, 5.41) is 13.9. The summed E-state index contributed by atoms with van der Waals surface area (Å²) in [6.07, 6.45) is 61.2. The number of allylic oxidation sites excluding steroid dienone is 11. The number of carbonyl (C=O) groups is 1. The number of likely N-dealkylation sites (N-methyl/N-ethyl adjacent to an activating group) is 1. The van der Waals surface area contributed by atoms with Gasteiger partial charge in [-0.1, -0.05) is 196 Å². The number of phosphoric ester groups is 1. The first-order chi connectivity index (χ1) is 30.5. The van der Waals surface area contributed by atoms with Gasteiger partial charge in [-0.25, -0.2) is 4.57 Å². The van der Waals surface area contributed by atoms with E-state index in [2.05, 4.69) is 79.9 Å². The third-order valence-corrected chi connectivity index (χ3v) is 12.1. The zero-order chi connectivity index (χ0) is 46.4. The Hall–Kier alpha value is -2.06. The van der Waals surface area contributed by atoms with Crippen LogP contribution in [0.1, 0.15) is 213 Å². The molecule has 0 rings (SSSR count). The summed E-state index contributed by atoms with van der Waals surface area (Å²) >= 11 is 0. The molecule has 0 bridgehead atoms. The number of aliphatic hydroxyl groups is 1. The summed E-state index contributed by atoms with van der Waals surface area (Å²) in [7, 11) is 1.53. The summed E-state index contributed by atoms with van der Waals surface area (Å²) in [5.41, 5.74) is 0. The minimum Gasteiger partial charge on any atom is -0.387 e. The molecule has 63 heavy (non-hydrogen) atoms.